The molecule has 4 rings (SSSR count). The average Bonchev–Trinajstić information content (AvgIpc) is 3.28. The van der Waals surface area contributed by atoms with E-state index in [1.54, 1.807) is 24.4 Å². The second kappa shape index (κ2) is 6.73. The summed E-state index contributed by atoms with van der Waals surface area (Å²) >= 11 is 5.86. The van der Waals surface area contributed by atoms with Crippen molar-refractivity contribution in [1.82, 2.24) is 19.9 Å². The van der Waals surface area contributed by atoms with Crippen LogP contribution in [-0.2, 0) is 11.3 Å². The van der Waals surface area contributed by atoms with Gasteiger partial charge in [-0.3, -0.25) is 4.79 Å². The summed E-state index contributed by atoms with van der Waals surface area (Å²) < 4.78 is 11.9. The average molecular weight is 385 g/mol. The molecule has 0 fully saturated rings. The molecule has 0 saturated carbocycles. The molecule has 0 bridgehead atoms. The number of esters is 1. The number of para-hydroxylation sites is 1. The molecule has 0 unspecified atom stereocenters. The Morgan fingerprint density at radius 2 is 2.15 bits per heavy atom. The largest absolute Gasteiger partial charge is 0.465 e. The lowest BCUT2D eigenvalue weighted by atomic mass is 10.1. The second-order valence-corrected chi connectivity index (χ2v) is 6.15. The molecule has 27 heavy (non-hydrogen) atoms. The van der Waals surface area contributed by atoms with Crippen molar-refractivity contribution in [3.05, 3.63) is 64.8 Å². The van der Waals surface area contributed by atoms with Gasteiger partial charge in [-0.2, -0.15) is 5.10 Å². The number of amides is 1. The summed E-state index contributed by atoms with van der Waals surface area (Å²) in [6, 6.07) is 6.93. The van der Waals surface area contributed by atoms with Gasteiger partial charge in [0.25, 0.3) is 5.91 Å². The molecule has 9 heteroatoms. The number of halogens is 1. The van der Waals surface area contributed by atoms with Crippen LogP contribution in [0.25, 0.3) is 16.6 Å². The van der Waals surface area contributed by atoms with Gasteiger partial charge in [-0.25, -0.2) is 14.3 Å². The maximum Gasteiger partial charge on any atom is 0.341 e. The molecule has 4 aromatic rings. The lowest BCUT2D eigenvalue weighted by molar-refractivity contribution is 0.0601. The molecule has 0 saturated heterocycles. The zero-order chi connectivity index (χ0) is 19.0. The van der Waals surface area contributed by atoms with Crippen molar-refractivity contribution in [1.29, 1.82) is 0 Å². The Morgan fingerprint density at radius 1 is 1.30 bits per heavy atom. The van der Waals surface area contributed by atoms with Crippen LogP contribution in [0.1, 0.15) is 26.5 Å². The third-order valence-corrected chi connectivity index (χ3v) is 4.19. The maximum atomic E-state index is 12.5. The summed E-state index contributed by atoms with van der Waals surface area (Å²) in [5, 5.41) is 7.98. The summed E-state index contributed by atoms with van der Waals surface area (Å²) in [7, 11) is 1.31. The van der Waals surface area contributed by atoms with Crippen LogP contribution in [0.2, 0.25) is 5.02 Å². The molecule has 0 radical (unpaired) electrons. The third kappa shape index (κ3) is 3.11. The number of nitrogens with zero attached hydrogens (tertiary/aromatic N) is 3. The van der Waals surface area contributed by atoms with Gasteiger partial charge in [0.2, 0.25) is 0 Å². The van der Waals surface area contributed by atoms with Crippen molar-refractivity contribution in [2.45, 2.75) is 6.54 Å². The Balaban J connectivity index is 1.56. The molecule has 1 aromatic carbocycles. The standard InChI is InChI=1S/C18H13ClN4O4/c1-26-18(25)13-4-2-3-10-5-12(27-15(10)13)7-21-17(24)14-8-22-23-9-11(19)6-20-16(14)23/h2-6,8-9H,7H2,1H3,(H,21,24). The molecule has 1 amide bonds. The van der Waals surface area contributed by atoms with Crippen LogP contribution in [0.5, 0.6) is 0 Å². The summed E-state index contributed by atoms with van der Waals surface area (Å²) in [4.78, 5) is 28.4. The molecule has 0 atom stereocenters. The molecule has 0 aliphatic carbocycles. The third-order valence-electron chi connectivity index (χ3n) is 3.99. The van der Waals surface area contributed by atoms with Crippen LogP contribution in [0.3, 0.4) is 0 Å². The number of carbonyl (C=O) groups is 2. The fourth-order valence-electron chi connectivity index (χ4n) is 2.75. The van der Waals surface area contributed by atoms with Crippen molar-refractivity contribution in [3.8, 4) is 0 Å². The number of carbonyl (C=O) groups excluding carboxylic acids is 2. The molecule has 0 aliphatic rings. The highest BCUT2D eigenvalue weighted by Crippen LogP contribution is 2.24. The van der Waals surface area contributed by atoms with E-state index in [-0.39, 0.29) is 12.5 Å². The van der Waals surface area contributed by atoms with E-state index in [9.17, 15) is 9.59 Å². The van der Waals surface area contributed by atoms with E-state index in [1.807, 2.05) is 6.07 Å². The predicted octanol–water partition coefficient (Wildman–Crippen LogP) is 2.85. The minimum Gasteiger partial charge on any atom is -0.465 e. The van der Waals surface area contributed by atoms with E-state index in [4.69, 9.17) is 20.8 Å². The Morgan fingerprint density at radius 3 is 2.96 bits per heavy atom. The number of rotatable bonds is 4. The van der Waals surface area contributed by atoms with Gasteiger partial charge >= 0.3 is 5.97 Å². The van der Waals surface area contributed by atoms with Crippen molar-refractivity contribution in [2.24, 2.45) is 0 Å². The minimum absolute atomic E-state index is 0.138. The number of ether oxygens (including phenoxy) is 1. The first-order valence-electron chi connectivity index (χ1n) is 7.93. The first kappa shape index (κ1) is 17.0. The van der Waals surface area contributed by atoms with Gasteiger partial charge in [-0.15, -0.1) is 0 Å². The molecule has 0 spiro atoms. The van der Waals surface area contributed by atoms with Gasteiger partial charge < -0.3 is 14.5 Å². The Kier molecular flexibility index (Phi) is 4.25. The van der Waals surface area contributed by atoms with E-state index < -0.39 is 5.97 Å². The smallest absolute Gasteiger partial charge is 0.341 e. The molecule has 1 N–H and O–H groups in total. The number of fused-ring (bicyclic) bond motifs is 2. The highest BCUT2D eigenvalue weighted by atomic mass is 35.5. The Hall–Kier alpha value is -3.39. The number of hydrogen-bond donors (Lipinski definition) is 1. The fraction of sp³-hybridized carbons (Fsp3) is 0.111. The van der Waals surface area contributed by atoms with Gasteiger partial charge in [0, 0.05) is 11.6 Å². The van der Waals surface area contributed by atoms with E-state index in [0.717, 1.165) is 5.39 Å². The first-order chi connectivity index (χ1) is 13.1. The van der Waals surface area contributed by atoms with E-state index in [1.165, 1.54) is 24.0 Å². The van der Waals surface area contributed by atoms with Crippen LogP contribution in [-0.4, -0.2) is 33.6 Å². The van der Waals surface area contributed by atoms with E-state index in [2.05, 4.69) is 15.4 Å². The van der Waals surface area contributed by atoms with Crippen molar-refractivity contribution in [2.75, 3.05) is 7.11 Å². The van der Waals surface area contributed by atoms with Crippen molar-refractivity contribution in [3.63, 3.8) is 0 Å². The SMILES string of the molecule is COC(=O)c1cccc2cc(CNC(=O)c3cnn4cc(Cl)cnc34)oc12. The zero-order valence-electron chi connectivity index (χ0n) is 14.1. The zero-order valence-corrected chi connectivity index (χ0v) is 14.9. The quantitative estimate of drug-likeness (QED) is 0.543. The lowest BCUT2D eigenvalue weighted by Gasteiger charge is -2.02. The number of nitrogens with one attached hydrogen (secondary N) is 1. The highest BCUT2D eigenvalue weighted by molar-refractivity contribution is 6.30. The van der Waals surface area contributed by atoms with Gasteiger partial charge in [-0.05, 0) is 12.1 Å². The van der Waals surface area contributed by atoms with Crippen LogP contribution in [0, 0.1) is 0 Å². The normalized spacial score (nSPS) is 11.0. The fourth-order valence-corrected chi connectivity index (χ4v) is 2.89. The summed E-state index contributed by atoms with van der Waals surface area (Å²) in [6.45, 7) is 0.138. The van der Waals surface area contributed by atoms with Crippen LogP contribution < -0.4 is 5.32 Å². The molecule has 136 valence electrons. The van der Waals surface area contributed by atoms with Crippen molar-refractivity contribution < 1.29 is 18.7 Å². The van der Waals surface area contributed by atoms with Gasteiger partial charge in [-0.1, -0.05) is 23.7 Å². The summed E-state index contributed by atoms with van der Waals surface area (Å²) in [5.41, 5.74) is 1.46. The van der Waals surface area contributed by atoms with Crippen molar-refractivity contribution >= 4 is 40.1 Å². The summed E-state index contributed by atoms with van der Waals surface area (Å²) in [6.07, 6.45) is 4.43. The number of hydrogen-bond acceptors (Lipinski definition) is 6. The number of methoxy groups -OCH3 is 1. The van der Waals surface area contributed by atoms with Gasteiger partial charge in [0.15, 0.2) is 5.65 Å². The van der Waals surface area contributed by atoms with E-state index >= 15 is 0 Å². The predicted molar refractivity (Wildman–Crippen MR) is 96.7 cm³/mol. The number of benzene rings is 1. The number of aromatic nitrogens is 3. The van der Waals surface area contributed by atoms with E-state index in [0.29, 0.717) is 33.1 Å². The van der Waals surface area contributed by atoms with Crippen LogP contribution in [0.15, 0.2) is 47.3 Å². The second-order valence-electron chi connectivity index (χ2n) is 5.71. The lowest BCUT2D eigenvalue weighted by Crippen LogP contribution is -2.22. The maximum absolute atomic E-state index is 12.5. The molecular formula is C18H13ClN4O4. The van der Waals surface area contributed by atoms with Gasteiger partial charge in [0.1, 0.15) is 22.5 Å². The first-order valence-corrected chi connectivity index (χ1v) is 8.31. The van der Waals surface area contributed by atoms with Gasteiger partial charge in [0.05, 0.1) is 31.1 Å². The summed E-state index contributed by atoms with van der Waals surface area (Å²) in [5.74, 6) is -0.336. The topological polar surface area (TPSA) is 98.7 Å². The highest BCUT2D eigenvalue weighted by Gasteiger charge is 2.17. The minimum atomic E-state index is -0.485. The molecule has 0 aliphatic heterocycles. The number of furan rings is 1. The monoisotopic (exact) mass is 384 g/mol. The molecule has 8 nitrogen and oxygen atoms in total. The molecule has 3 aromatic heterocycles. The Bertz CT molecular complexity index is 1180. The van der Waals surface area contributed by atoms with Crippen LogP contribution >= 0.6 is 11.6 Å². The molecular weight excluding hydrogens is 372 g/mol. The molecule has 3 heterocycles. The van der Waals surface area contributed by atoms with Crippen LogP contribution in [0.4, 0.5) is 0 Å². The Labute approximate surface area is 157 Å².